The van der Waals surface area contributed by atoms with Gasteiger partial charge in [-0.2, -0.15) is 0 Å². The second-order valence-electron chi connectivity index (χ2n) is 3.34. The zero-order valence-electron chi connectivity index (χ0n) is 8.64. The van der Waals surface area contributed by atoms with Gasteiger partial charge in [0.1, 0.15) is 0 Å². The van der Waals surface area contributed by atoms with E-state index in [0.717, 1.165) is 11.3 Å². The summed E-state index contributed by atoms with van der Waals surface area (Å²) >= 11 is 5.80. The maximum Gasteiger partial charge on any atom is 0.212 e. The van der Waals surface area contributed by atoms with Crippen molar-refractivity contribution in [2.75, 3.05) is 5.32 Å². The quantitative estimate of drug-likeness (QED) is 0.831. The summed E-state index contributed by atoms with van der Waals surface area (Å²) in [5.41, 5.74) is 1.80. The van der Waals surface area contributed by atoms with E-state index in [1.807, 2.05) is 25.3 Å². The second-order valence-corrected chi connectivity index (χ2v) is 3.78. The lowest BCUT2D eigenvalue weighted by Crippen LogP contribution is -1.98. The van der Waals surface area contributed by atoms with Gasteiger partial charge in [0.05, 0.1) is 5.69 Å². The highest BCUT2D eigenvalue weighted by Crippen LogP contribution is 2.17. The Bertz CT molecular complexity index is 504. The van der Waals surface area contributed by atoms with Crippen molar-refractivity contribution in [1.29, 1.82) is 0 Å². The van der Waals surface area contributed by atoms with Crippen molar-refractivity contribution < 1.29 is 4.79 Å². The van der Waals surface area contributed by atoms with Crippen molar-refractivity contribution in [1.82, 2.24) is 9.78 Å². The summed E-state index contributed by atoms with van der Waals surface area (Å²) in [6.45, 7) is 1.88. The first kappa shape index (κ1) is 10.7. The standard InChI is InChI=1S/C11H10ClN3O/c1-8-6-15(14-11(8)13-7-16)10-4-2-9(12)3-5-10/h2-7H,1H3,(H,13,14,16). The summed E-state index contributed by atoms with van der Waals surface area (Å²) in [7, 11) is 0. The largest absolute Gasteiger partial charge is 0.312 e. The second kappa shape index (κ2) is 4.37. The Balaban J connectivity index is 2.37. The molecule has 5 heteroatoms. The Labute approximate surface area is 97.8 Å². The number of hydrogen-bond acceptors (Lipinski definition) is 2. The highest BCUT2D eigenvalue weighted by Gasteiger charge is 2.05. The number of amides is 1. The molecule has 0 saturated carbocycles. The van der Waals surface area contributed by atoms with Crippen molar-refractivity contribution in [3.8, 4) is 5.69 Å². The van der Waals surface area contributed by atoms with Crippen LogP contribution in [-0.2, 0) is 4.79 Å². The molecule has 0 radical (unpaired) electrons. The lowest BCUT2D eigenvalue weighted by atomic mass is 10.3. The average Bonchev–Trinajstić information content (AvgIpc) is 2.62. The topological polar surface area (TPSA) is 46.9 Å². The van der Waals surface area contributed by atoms with Crippen molar-refractivity contribution in [2.45, 2.75) is 6.92 Å². The van der Waals surface area contributed by atoms with Gasteiger partial charge in [-0.25, -0.2) is 4.68 Å². The normalized spacial score (nSPS) is 10.1. The summed E-state index contributed by atoms with van der Waals surface area (Å²) in [5, 5.41) is 7.45. The number of hydrogen-bond donors (Lipinski definition) is 1. The van der Waals surface area contributed by atoms with E-state index >= 15 is 0 Å². The molecule has 82 valence electrons. The van der Waals surface area contributed by atoms with Crippen LogP contribution in [0.1, 0.15) is 5.56 Å². The zero-order valence-corrected chi connectivity index (χ0v) is 9.40. The third-order valence-corrected chi connectivity index (χ3v) is 2.44. The van der Waals surface area contributed by atoms with Crippen LogP contribution in [0.15, 0.2) is 30.5 Å². The van der Waals surface area contributed by atoms with Crippen molar-refractivity contribution in [2.24, 2.45) is 0 Å². The maximum absolute atomic E-state index is 10.3. The molecule has 1 aromatic carbocycles. The first-order valence-corrected chi connectivity index (χ1v) is 5.11. The van der Waals surface area contributed by atoms with Crippen LogP contribution in [-0.4, -0.2) is 16.2 Å². The van der Waals surface area contributed by atoms with Gasteiger partial charge in [0.2, 0.25) is 6.41 Å². The van der Waals surface area contributed by atoms with Crippen molar-refractivity contribution in [3.05, 3.63) is 41.0 Å². The fourth-order valence-electron chi connectivity index (χ4n) is 1.38. The first-order chi connectivity index (χ1) is 7.70. The summed E-state index contributed by atoms with van der Waals surface area (Å²) in [4.78, 5) is 10.3. The molecule has 0 aliphatic carbocycles. The molecule has 0 atom stereocenters. The number of carbonyl (C=O) groups excluding carboxylic acids is 1. The van der Waals surface area contributed by atoms with Crippen LogP contribution in [0.5, 0.6) is 0 Å². The molecule has 0 saturated heterocycles. The molecule has 1 amide bonds. The van der Waals surface area contributed by atoms with Gasteiger partial charge in [0, 0.05) is 16.8 Å². The Kier molecular flexibility index (Phi) is 2.92. The molecule has 2 rings (SSSR count). The summed E-state index contributed by atoms with van der Waals surface area (Å²) < 4.78 is 1.69. The number of rotatable bonds is 3. The number of nitrogens with zero attached hydrogens (tertiary/aromatic N) is 2. The molecule has 0 bridgehead atoms. The van der Waals surface area contributed by atoms with E-state index in [2.05, 4.69) is 10.4 Å². The van der Waals surface area contributed by atoms with E-state index in [1.165, 1.54) is 0 Å². The minimum absolute atomic E-state index is 0.560. The number of anilines is 1. The Hall–Kier alpha value is -1.81. The fourth-order valence-corrected chi connectivity index (χ4v) is 1.51. The number of carbonyl (C=O) groups is 1. The summed E-state index contributed by atoms with van der Waals surface area (Å²) in [5.74, 6) is 0.560. The first-order valence-electron chi connectivity index (χ1n) is 4.73. The zero-order chi connectivity index (χ0) is 11.5. The van der Waals surface area contributed by atoms with E-state index in [-0.39, 0.29) is 0 Å². The summed E-state index contributed by atoms with van der Waals surface area (Å²) in [6, 6.07) is 7.31. The van der Waals surface area contributed by atoms with Crippen molar-refractivity contribution >= 4 is 23.8 Å². The van der Waals surface area contributed by atoms with Crippen LogP contribution in [0.4, 0.5) is 5.82 Å². The van der Waals surface area contributed by atoms with Gasteiger partial charge in [0.25, 0.3) is 0 Å². The maximum atomic E-state index is 10.3. The average molecular weight is 236 g/mol. The molecule has 1 N–H and O–H groups in total. The van der Waals surface area contributed by atoms with Crippen LogP contribution in [0, 0.1) is 6.92 Å². The molecular weight excluding hydrogens is 226 g/mol. The van der Waals surface area contributed by atoms with Gasteiger partial charge in [-0.05, 0) is 31.2 Å². The molecule has 16 heavy (non-hydrogen) atoms. The predicted molar refractivity (Wildman–Crippen MR) is 63.0 cm³/mol. The minimum atomic E-state index is 0.560. The lowest BCUT2D eigenvalue weighted by molar-refractivity contribution is -0.105. The molecule has 4 nitrogen and oxygen atoms in total. The van der Waals surface area contributed by atoms with E-state index < -0.39 is 0 Å². The Morgan fingerprint density at radius 3 is 2.69 bits per heavy atom. The van der Waals surface area contributed by atoms with Crippen LogP contribution in [0.2, 0.25) is 5.02 Å². The molecule has 0 spiro atoms. The van der Waals surface area contributed by atoms with Gasteiger partial charge < -0.3 is 5.32 Å². The monoisotopic (exact) mass is 235 g/mol. The molecule has 1 heterocycles. The Morgan fingerprint density at radius 2 is 2.06 bits per heavy atom. The smallest absolute Gasteiger partial charge is 0.212 e. The number of benzene rings is 1. The number of aromatic nitrogens is 2. The van der Waals surface area contributed by atoms with Gasteiger partial charge in [-0.15, -0.1) is 5.10 Å². The number of halogens is 1. The molecular formula is C11H10ClN3O. The van der Waals surface area contributed by atoms with Gasteiger partial charge >= 0.3 is 0 Å². The predicted octanol–water partition coefficient (Wildman–Crippen LogP) is 2.40. The van der Waals surface area contributed by atoms with E-state index in [1.54, 1.807) is 16.8 Å². The highest BCUT2D eigenvalue weighted by atomic mass is 35.5. The third kappa shape index (κ3) is 2.06. The van der Waals surface area contributed by atoms with E-state index in [4.69, 9.17) is 11.6 Å². The number of nitrogens with one attached hydrogen (secondary N) is 1. The van der Waals surface area contributed by atoms with Crippen LogP contribution in [0.25, 0.3) is 5.69 Å². The Morgan fingerprint density at radius 1 is 1.38 bits per heavy atom. The van der Waals surface area contributed by atoms with Gasteiger partial charge in [-0.1, -0.05) is 11.6 Å². The fraction of sp³-hybridized carbons (Fsp3) is 0.0909. The molecule has 1 aromatic heterocycles. The summed E-state index contributed by atoms with van der Waals surface area (Å²) in [6.07, 6.45) is 2.45. The van der Waals surface area contributed by atoms with E-state index in [9.17, 15) is 4.79 Å². The lowest BCUT2D eigenvalue weighted by Gasteiger charge is -2.00. The number of aryl methyl sites for hydroxylation is 1. The van der Waals surface area contributed by atoms with Crippen LogP contribution in [0.3, 0.4) is 0 Å². The molecule has 0 aliphatic heterocycles. The SMILES string of the molecule is Cc1cn(-c2ccc(Cl)cc2)nc1NC=O. The van der Waals surface area contributed by atoms with Crippen LogP contribution < -0.4 is 5.32 Å². The molecule has 0 unspecified atom stereocenters. The third-order valence-electron chi connectivity index (χ3n) is 2.18. The van der Waals surface area contributed by atoms with Crippen molar-refractivity contribution in [3.63, 3.8) is 0 Å². The van der Waals surface area contributed by atoms with E-state index in [0.29, 0.717) is 17.3 Å². The van der Waals surface area contributed by atoms with Crippen LogP contribution >= 0.6 is 11.6 Å². The minimum Gasteiger partial charge on any atom is -0.312 e. The highest BCUT2D eigenvalue weighted by molar-refractivity contribution is 6.30. The van der Waals surface area contributed by atoms with Gasteiger partial charge in [-0.3, -0.25) is 4.79 Å². The molecule has 0 aliphatic rings. The van der Waals surface area contributed by atoms with Gasteiger partial charge in [0.15, 0.2) is 5.82 Å². The molecule has 2 aromatic rings. The molecule has 0 fully saturated rings.